The second-order valence-corrected chi connectivity index (χ2v) is 1.75. The van der Waals surface area contributed by atoms with Crippen LogP contribution in [0.3, 0.4) is 0 Å². The summed E-state index contributed by atoms with van der Waals surface area (Å²) < 4.78 is 0. The Morgan fingerprint density at radius 2 is 1.75 bits per heavy atom. The molecule has 0 saturated carbocycles. The smallest absolute Gasteiger partial charge is 0.0365 e. The maximum atomic E-state index is 3.71. The fraction of sp³-hybridized carbons (Fsp3) is 0. The Morgan fingerprint density at radius 3 is 2.00 bits per heavy atom. The first-order chi connectivity index (χ1) is 3.79. The van der Waals surface area contributed by atoms with Crippen LogP contribution in [0.5, 0.6) is 0 Å². The van der Waals surface area contributed by atoms with Crippen molar-refractivity contribution in [3.8, 4) is 0 Å². The van der Waals surface area contributed by atoms with E-state index in [4.69, 9.17) is 0 Å². The molecule has 0 spiro atoms. The standard InChI is InChI=1S/C8H7/c1-7-4-3-5-8(2)6-7/h4-6H,1-2H2/q+1. The third-order valence-electron chi connectivity index (χ3n) is 0.908. The van der Waals surface area contributed by atoms with E-state index in [1.54, 1.807) is 0 Å². The number of hydrogen-bond donors (Lipinski definition) is 0. The highest BCUT2D eigenvalue weighted by Crippen LogP contribution is 2.10. The molecule has 0 N–H and O–H groups in total. The Kier molecular flexibility index (Phi) is 1.11. The molecule has 0 nitrogen and oxygen atoms in total. The van der Waals surface area contributed by atoms with Gasteiger partial charge in [-0.3, -0.25) is 0 Å². The van der Waals surface area contributed by atoms with E-state index < -0.39 is 0 Å². The topological polar surface area (TPSA) is 0 Å². The zero-order valence-electron chi connectivity index (χ0n) is 4.65. The highest BCUT2D eigenvalue weighted by atomic mass is 14.0. The van der Waals surface area contributed by atoms with Gasteiger partial charge in [0.25, 0.3) is 0 Å². The van der Waals surface area contributed by atoms with E-state index in [0.717, 1.165) is 11.1 Å². The van der Waals surface area contributed by atoms with Crippen LogP contribution in [-0.2, 0) is 0 Å². The summed E-state index contributed by atoms with van der Waals surface area (Å²) in [6.45, 7) is 7.42. The molecular formula is C8H7+. The second-order valence-electron chi connectivity index (χ2n) is 1.75. The molecule has 0 heterocycles. The van der Waals surface area contributed by atoms with Crippen molar-refractivity contribution in [1.82, 2.24) is 0 Å². The Hall–Kier alpha value is -1.13. The molecule has 0 aromatic rings. The Labute approximate surface area is 49.5 Å². The molecule has 0 heteroatoms. The van der Waals surface area contributed by atoms with Gasteiger partial charge in [-0.25, -0.2) is 0 Å². The van der Waals surface area contributed by atoms with Crippen molar-refractivity contribution in [3.05, 3.63) is 48.6 Å². The van der Waals surface area contributed by atoms with Crippen molar-refractivity contribution in [1.29, 1.82) is 0 Å². The molecular weight excluding hydrogens is 96.1 g/mol. The van der Waals surface area contributed by atoms with Crippen LogP contribution < -0.4 is 0 Å². The lowest BCUT2D eigenvalue weighted by Crippen LogP contribution is -1.82. The molecule has 38 valence electrons. The Bertz CT molecular complexity index is 170. The first kappa shape index (κ1) is 5.02. The van der Waals surface area contributed by atoms with Crippen LogP contribution in [0, 0.1) is 6.42 Å². The third kappa shape index (κ3) is 0.927. The number of allylic oxidation sites excluding steroid dienone is 3. The molecule has 0 saturated heterocycles. The van der Waals surface area contributed by atoms with Gasteiger partial charge in [0.05, 0.1) is 23.3 Å². The normalized spacial score (nSPS) is 16.5. The van der Waals surface area contributed by atoms with E-state index in [2.05, 4.69) is 18.9 Å². The van der Waals surface area contributed by atoms with Crippen molar-refractivity contribution in [2.75, 3.05) is 0 Å². The number of hydrogen-bond acceptors (Lipinski definition) is 0. The quantitative estimate of drug-likeness (QED) is 0.325. The van der Waals surface area contributed by atoms with Gasteiger partial charge in [-0.1, -0.05) is 0 Å². The molecule has 8 heavy (non-hydrogen) atoms. The van der Waals surface area contributed by atoms with Crippen molar-refractivity contribution >= 4 is 0 Å². The van der Waals surface area contributed by atoms with Crippen LogP contribution in [-0.4, -0.2) is 0 Å². The van der Waals surface area contributed by atoms with Crippen molar-refractivity contribution in [3.63, 3.8) is 0 Å². The number of rotatable bonds is 0. The van der Waals surface area contributed by atoms with Gasteiger partial charge < -0.3 is 0 Å². The van der Waals surface area contributed by atoms with Gasteiger partial charge in [0.15, 0.2) is 0 Å². The molecule has 1 aliphatic carbocycles. The lowest BCUT2D eigenvalue weighted by atomic mass is 10.0. The van der Waals surface area contributed by atoms with Gasteiger partial charge in [0.1, 0.15) is 0 Å². The summed E-state index contributed by atoms with van der Waals surface area (Å²) in [5, 5.41) is 0. The summed E-state index contributed by atoms with van der Waals surface area (Å²) in [6.07, 6.45) is 5.57. The summed E-state index contributed by atoms with van der Waals surface area (Å²) in [5.41, 5.74) is 4.84. The van der Waals surface area contributed by atoms with E-state index in [9.17, 15) is 0 Å². The van der Waals surface area contributed by atoms with E-state index in [1.165, 1.54) is 0 Å². The molecule has 0 amide bonds. The Morgan fingerprint density at radius 1 is 1.25 bits per heavy atom. The predicted octanol–water partition coefficient (Wildman–Crippen LogP) is 2.03. The lowest BCUT2D eigenvalue weighted by molar-refractivity contribution is 1.48. The van der Waals surface area contributed by atoms with Crippen LogP contribution >= 0.6 is 0 Å². The average molecular weight is 103 g/mol. The van der Waals surface area contributed by atoms with E-state index in [1.807, 2.05) is 18.6 Å². The fourth-order valence-corrected chi connectivity index (χ4v) is 0.577. The van der Waals surface area contributed by atoms with Gasteiger partial charge in [-0.05, 0) is 18.9 Å². The molecule has 1 rings (SSSR count). The molecule has 0 radical (unpaired) electrons. The second kappa shape index (κ2) is 1.77. The van der Waals surface area contributed by atoms with Crippen LogP contribution in [0.25, 0.3) is 0 Å². The van der Waals surface area contributed by atoms with Gasteiger partial charge in [-0.15, -0.1) is 0 Å². The molecule has 0 aromatic carbocycles. The molecule has 1 aliphatic rings. The minimum absolute atomic E-state index is 0.970. The fourth-order valence-electron chi connectivity index (χ4n) is 0.577. The van der Waals surface area contributed by atoms with E-state index >= 15 is 0 Å². The predicted molar refractivity (Wildman–Crippen MR) is 35.2 cm³/mol. The van der Waals surface area contributed by atoms with Crippen molar-refractivity contribution in [2.24, 2.45) is 0 Å². The first-order valence-electron chi connectivity index (χ1n) is 2.44. The monoisotopic (exact) mass is 103 g/mol. The van der Waals surface area contributed by atoms with Crippen molar-refractivity contribution < 1.29 is 0 Å². The molecule has 0 unspecified atom stereocenters. The summed E-state index contributed by atoms with van der Waals surface area (Å²) in [7, 11) is 0. The maximum Gasteiger partial charge on any atom is 0.0738 e. The molecule has 0 bridgehead atoms. The lowest BCUT2D eigenvalue weighted by Gasteiger charge is -1.91. The zero-order chi connectivity index (χ0) is 5.98. The summed E-state index contributed by atoms with van der Waals surface area (Å²) >= 11 is 0. The summed E-state index contributed by atoms with van der Waals surface area (Å²) in [5.74, 6) is 0. The highest BCUT2D eigenvalue weighted by Gasteiger charge is 2.01. The average Bonchev–Trinajstić information content (AvgIpc) is 1.64. The van der Waals surface area contributed by atoms with E-state index in [0.29, 0.717) is 0 Å². The maximum absolute atomic E-state index is 3.71. The molecule has 0 atom stereocenters. The molecule has 0 aromatic heterocycles. The highest BCUT2D eigenvalue weighted by molar-refractivity contribution is 5.42. The molecule has 0 aliphatic heterocycles. The first-order valence-corrected chi connectivity index (χ1v) is 2.44. The van der Waals surface area contributed by atoms with Gasteiger partial charge in [0, 0.05) is 6.42 Å². The Balaban J connectivity index is 2.92. The van der Waals surface area contributed by atoms with Crippen LogP contribution in [0.4, 0.5) is 0 Å². The minimum Gasteiger partial charge on any atom is -0.0365 e. The van der Waals surface area contributed by atoms with Crippen LogP contribution in [0.15, 0.2) is 42.2 Å². The minimum atomic E-state index is 0.970. The SMILES string of the molecule is C=C1C=C=CC(=C)[CH+]1. The van der Waals surface area contributed by atoms with Gasteiger partial charge in [-0.2, -0.15) is 0 Å². The van der Waals surface area contributed by atoms with Crippen molar-refractivity contribution in [2.45, 2.75) is 0 Å². The third-order valence-corrected chi connectivity index (χ3v) is 0.908. The molecule has 0 fully saturated rings. The summed E-state index contributed by atoms with van der Waals surface area (Å²) in [6, 6.07) is 0. The van der Waals surface area contributed by atoms with Crippen LogP contribution in [0.2, 0.25) is 0 Å². The summed E-state index contributed by atoms with van der Waals surface area (Å²) in [4.78, 5) is 0. The van der Waals surface area contributed by atoms with Gasteiger partial charge >= 0.3 is 0 Å². The van der Waals surface area contributed by atoms with E-state index in [-0.39, 0.29) is 0 Å². The zero-order valence-corrected chi connectivity index (χ0v) is 4.65. The van der Waals surface area contributed by atoms with Crippen LogP contribution in [0.1, 0.15) is 0 Å². The largest absolute Gasteiger partial charge is 0.0738 e. The van der Waals surface area contributed by atoms with Gasteiger partial charge in [0.2, 0.25) is 0 Å².